The zero-order valence-electron chi connectivity index (χ0n) is 10.3. The molecule has 110 valence electrons. The van der Waals surface area contributed by atoms with Crippen molar-refractivity contribution in [3.8, 4) is 0 Å². The summed E-state index contributed by atoms with van der Waals surface area (Å²) >= 11 is 0. The van der Waals surface area contributed by atoms with E-state index in [-0.39, 0.29) is 12.5 Å². The summed E-state index contributed by atoms with van der Waals surface area (Å²) in [6.45, 7) is 1.63. The first-order valence-electron chi connectivity index (χ1n) is 5.66. The number of carboxylic acid groups (broad SMARTS) is 1. The van der Waals surface area contributed by atoms with Crippen LogP contribution in [0.5, 0.6) is 0 Å². The summed E-state index contributed by atoms with van der Waals surface area (Å²) in [6.07, 6.45) is 0.377. The molecule has 0 aromatic heterocycles. The number of nitrogens with one attached hydrogen (secondary N) is 1. The summed E-state index contributed by atoms with van der Waals surface area (Å²) in [5.41, 5.74) is -1.48. The molecule has 0 aliphatic rings. The highest BCUT2D eigenvalue weighted by Gasteiger charge is 2.28. The monoisotopic (exact) mass is 293 g/mol. The van der Waals surface area contributed by atoms with Gasteiger partial charge in [-0.3, -0.25) is 4.79 Å². The Morgan fingerprint density at radius 1 is 1.20 bits per heavy atom. The van der Waals surface area contributed by atoms with Gasteiger partial charge in [-0.05, 0) is 6.42 Å². The molecule has 8 heteroatoms. The number of carbonyl (C=O) groups excluding carboxylic acids is 1. The standard InChI is InChI=1S/C12H11F4NO3/c1-2-3-7(12(19)20)17-11(18)8-9(15)5(13)4-6(14)10(8)16/h4,7H,2-3H2,1H3,(H,17,18)(H,19,20)/t7-/m1/s1. The van der Waals surface area contributed by atoms with Crippen LogP contribution < -0.4 is 5.32 Å². The van der Waals surface area contributed by atoms with Crippen LogP contribution in [0.2, 0.25) is 0 Å². The Bertz CT molecular complexity index is 522. The van der Waals surface area contributed by atoms with E-state index in [1.807, 2.05) is 5.32 Å². The summed E-state index contributed by atoms with van der Waals surface area (Å²) < 4.78 is 52.6. The Morgan fingerprint density at radius 2 is 1.70 bits per heavy atom. The molecule has 20 heavy (non-hydrogen) atoms. The van der Waals surface area contributed by atoms with Gasteiger partial charge in [0.05, 0.1) is 0 Å². The van der Waals surface area contributed by atoms with Crippen molar-refractivity contribution in [3.05, 3.63) is 34.9 Å². The Kier molecular flexibility index (Phi) is 5.06. The molecule has 0 unspecified atom stereocenters. The molecule has 0 aliphatic carbocycles. The van der Waals surface area contributed by atoms with E-state index < -0.39 is 46.8 Å². The smallest absolute Gasteiger partial charge is 0.326 e. The fourth-order valence-corrected chi connectivity index (χ4v) is 1.55. The Hall–Kier alpha value is -2.12. The maximum Gasteiger partial charge on any atom is 0.326 e. The molecule has 4 nitrogen and oxygen atoms in total. The van der Waals surface area contributed by atoms with Gasteiger partial charge in [0.25, 0.3) is 5.91 Å². The summed E-state index contributed by atoms with van der Waals surface area (Å²) in [6, 6.07) is -1.44. The zero-order chi connectivity index (χ0) is 15.4. The van der Waals surface area contributed by atoms with Crippen LogP contribution in [0.25, 0.3) is 0 Å². The molecule has 0 heterocycles. The SMILES string of the molecule is CCC[C@@H](NC(=O)c1c(F)c(F)cc(F)c1F)C(=O)O. The number of hydrogen-bond donors (Lipinski definition) is 2. The van der Waals surface area contributed by atoms with Crippen LogP contribution in [0.4, 0.5) is 17.6 Å². The minimum Gasteiger partial charge on any atom is -0.480 e. The van der Waals surface area contributed by atoms with Crippen molar-refractivity contribution >= 4 is 11.9 Å². The predicted molar refractivity (Wildman–Crippen MR) is 60.1 cm³/mol. The van der Waals surface area contributed by atoms with E-state index in [1.165, 1.54) is 0 Å². The molecule has 1 amide bonds. The van der Waals surface area contributed by atoms with Gasteiger partial charge in [0.2, 0.25) is 0 Å². The molecule has 1 rings (SSSR count). The Morgan fingerprint density at radius 3 is 2.10 bits per heavy atom. The average molecular weight is 293 g/mol. The number of rotatable bonds is 5. The zero-order valence-corrected chi connectivity index (χ0v) is 10.3. The molecule has 1 aromatic carbocycles. The molecule has 0 radical (unpaired) electrons. The van der Waals surface area contributed by atoms with Gasteiger partial charge in [-0.2, -0.15) is 0 Å². The van der Waals surface area contributed by atoms with Gasteiger partial charge in [-0.1, -0.05) is 13.3 Å². The maximum atomic E-state index is 13.3. The van der Waals surface area contributed by atoms with E-state index in [0.717, 1.165) is 0 Å². The van der Waals surface area contributed by atoms with Gasteiger partial charge in [0.15, 0.2) is 23.3 Å². The van der Waals surface area contributed by atoms with Crippen molar-refractivity contribution in [2.75, 3.05) is 0 Å². The largest absolute Gasteiger partial charge is 0.480 e. The summed E-state index contributed by atoms with van der Waals surface area (Å²) in [4.78, 5) is 22.4. The molecule has 0 saturated heterocycles. The van der Waals surface area contributed by atoms with Gasteiger partial charge < -0.3 is 10.4 Å². The van der Waals surface area contributed by atoms with Crippen LogP contribution in [0.3, 0.4) is 0 Å². The third kappa shape index (κ3) is 3.25. The molecule has 1 atom stereocenters. The minimum atomic E-state index is -1.87. The Balaban J connectivity index is 3.12. The van der Waals surface area contributed by atoms with Crippen LogP contribution in [-0.2, 0) is 4.79 Å². The second-order valence-electron chi connectivity index (χ2n) is 4.00. The fraction of sp³-hybridized carbons (Fsp3) is 0.333. The summed E-state index contributed by atoms with van der Waals surface area (Å²) in [5.74, 6) is -10.2. The van der Waals surface area contributed by atoms with E-state index in [9.17, 15) is 27.2 Å². The first kappa shape index (κ1) is 15.9. The fourth-order valence-electron chi connectivity index (χ4n) is 1.55. The molecular formula is C12H11F4NO3. The lowest BCUT2D eigenvalue weighted by Crippen LogP contribution is -2.41. The number of benzene rings is 1. The lowest BCUT2D eigenvalue weighted by Gasteiger charge is -2.14. The number of aliphatic carboxylic acids is 1. The predicted octanol–water partition coefficient (Wildman–Crippen LogP) is 2.23. The second kappa shape index (κ2) is 6.36. The van der Waals surface area contributed by atoms with Crippen LogP contribution >= 0.6 is 0 Å². The molecule has 0 spiro atoms. The van der Waals surface area contributed by atoms with Gasteiger partial charge >= 0.3 is 5.97 Å². The lowest BCUT2D eigenvalue weighted by atomic mass is 10.1. The van der Waals surface area contributed by atoms with Crippen LogP contribution in [0.15, 0.2) is 6.07 Å². The minimum absolute atomic E-state index is 0.00209. The van der Waals surface area contributed by atoms with Crippen molar-refractivity contribution in [3.63, 3.8) is 0 Å². The number of carbonyl (C=O) groups is 2. The highest BCUT2D eigenvalue weighted by atomic mass is 19.2. The maximum absolute atomic E-state index is 13.3. The van der Waals surface area contributed by atoms with Crippen molar-refractivity contribution in [1.29, 1.82) is 0 Å². The molecule has 1 aromatic rings. The highest BCUT2D eigenvalue weighted by molar-refractivity contribution is 5.97. The number of hydrogen-bond acceptors (Lipinski definition) is 2. The van der Waals surface area contributed by atoms with Crippen LogP contribution in [-0.4, -0.2) is 23.0 Å². The van der Waals surface area contributed by atoms with Crippen molar-refractivity contribution in [1.82, 2.24) is 5.32 Å². The summed E-state index contributed by atoms with van der Waals surface area (Å²) in [7, 11) is 0. The van der Waals surface area contributed by atoms with Gasteiger partial charge in [0.1, 0.15) is 11.6 Å². The third-order valence-electron chi connectivity index (χ3n) is 2.52. The highest BCUT2D eigenvalue weighted by Crippen LogP contribution is 2.19. The van der Waals surface area contributed by atoms with Crippen LogP contribution in [0, 0.1) is 23.3 Å². The van der Waals surface area contributed by atoms with E-state index in [1.54, 1.807) is 6.92 Å². The first-order chi connectivity index (χ1) is 9.29. The molecule has 0 bridgehead atoms. The molecule has 0 saturated carbocycles. The van der Waals surface area contributed by atoms with Crippen molar-refractivity contribution in [2.45, 2.75) is 25.8 Å². The summed E-state index contributed by atoms with van der Waals surface area (Å²) in [5, 5.41) is 10.6. The number of amides is 1. The average Bonchev–Trinajstić information content (AvgIpc) is 2.36. The second-order valence-corrected chi connectivity index (χ2v) is 4.00. The molecular weight excluding hydrogens is 282 g/mol. The Labute approximate surface area is 111 Å². The van der Waals surface area contributed by atoms with E-state index in [4.69, 9.17) is 5.11 Å². The van der Waals surface area contributed by atoms with Gasteiger partial charge in [-0.25, -0.2) is 22.4 Å². The topological polar surface area (TPSA) is 66.4 Å². The van der Waals surface area contributed by atoms with Crippen LogP contribution in [0.1, 0.15) is 30.1 Å². The third-order valence-corrected chi connectivity index (χ3v) is 2.52. The molecule has 0 fully saturated rings. The lowest BCUT2D eigenvalue weighted by molar-refractivity contribution is -0.139. The number of carboxylic acids is 1. The quantitative estimate of drug-likeness (QED) is 0.646. The van der Waals surface area contributed by atoms with Crippen molar-refractivity contribution < 1.29 is 32.3 Å². The number of halogens is 4. The van der Waals surface area contributed by atoms with Gasteiger partial charge in [0, 0.05) is 6.07 Å². The van der Waals surface area contributed by atoms with Gasteiger partial charge in [-0.15, -0.1) is 0 Å². The molecule has 0 aliphatic heterocycles. The van der Waals surface area contributed by atoms with E-state index >= 15 is 0 Å². The van der Waals surface area contributed by atoms with E-state index in [0.29, 0.717) is 6.42 Å². The molecule has 2 N–H and O–H groups in total. The van der Waals surface area contributed by atoms with Crippen molar-refractivity contribution in [2.24, 2.45) is 0 Å². The van der Waals surface area contributed by atoms with E-state index in [2.05, 4.69) is 0 Å². The first-order valence-corrected chi connectivity index (χ1v) is 5.66. The normalized spacial score (nSPS) is 12.1.